The summed E-state index contributed by atoms with van der Waals surface area (Å²) in [6.07, 6.45) is 1.44. The van der Waals surface area contributed by atoms with Crippen LogP contribution in [0.1, 0.15) is 19.8 Å². The summed E-state index contributed by atoms with van der Waals surface area (Å²) in [5.74, 6) is 0.148. The van der Waals surface area contributed by atoms with E-state index in [0.717, 1.165) is 39.0 Å². The molecular weight excluding hydrogens is 220 g/mol. The second kappa shape index (κ2) is 5.33. The smallest absolute Gasteiger partial charge is 0.219 e. The molecule has 2 saturated heterocycles. The molecule has 0 spiro atoms. The summed E-state index contributed by atoms with van der Waals surface area (Å²) < 4.78 is 5.27. The van der Waals surface area contributed by atoms with Gasteiger partial charge in [-0.2, -0.15) is 0 Å². The minimum atomic E-state index is -0.587. The summed E-state index contributed by atoms with van der Waals surface area (Å²) in [4.78, 5) is 15.3. The van der Waals surface area contributed by atoms with Gasteiger partial charge in [-0.15, -0.1) is 0 Å². The van der Waals surface area contributed by atoms with Crippen molar-refractivity contribution in [1.82, 2.24) is 9.80 Å². The van der Waals surface area contributed by atoms with Gasteiger partial charge in [0.05, 0.1) is 5.60 Å². The Morgan fingerprint density at radius 1 is 1.24 bits per heavy atom. The van der Waals surface area contributed by atoms with E-state index in [9.17, 15) is 9.90 Å². The number of carbonyl (C=O) groups is 1. The molecule has 0 atom stereocenters. The fourth-order valence-corrected chi connectivity index (χ4v) is 2.55. The largest absolute Gasteiger partial charge is 0.388 e. The Morgan fingerprint density at radius 2 is 1.82 bits per heavy atom. The first-order chi connectivity index (χ1) is 8.09. The molecule has 0 aromatic heterocycles. The van der Waals surface area contributed by atoms with Crippen molar-refractivity contribution in [2.45, 2.75) is 25.4 Å². The van der Waals surface area contributed by atoms with Gasteiger partial charge in [0, 0.05) is 65.7 Å². The van der Waals surface area contributed by atoms with Crippen LogP contribution in [0.3, 0.4) is 0 Å². The second-order valence-electron chi connectivity index (χ2n) is 5.12. The number of piperazine rings is 1. The maximum absolute atomic E-state index is 11.2. The highest BCUT2D eigenvalue weighted by molar-refractivity contribution is 5.73. The number of carbonyl (C=O) groups excluding carboxylic acids is 1. The molecule has 1 amide bonds. The number of nitrogens with zero attached hydrogens (tertiary/aromatic N) is 2. The van der Waals surface area contributed by atoms with Crippen molar-refractivity contribution >= 4 is 5.91 Å². The van der Waals surface area contributed by atoms with Crippen LogP contribution in [0.5, 0.6) is 0 Å². The van der Waals surface area contributed by atoms with Gasteiger partial charge in [0.2, 0.25) is 5.91 Å². The molecule has 2 aliphatic heterocycles. The average Bonchev–Trinajstić information content (AvgIpc) is 2.30. The first-order valence-electron chi connectivity index (χ1n) is 6.37. The van der Waals surface area contributed by atoms with Crippen LogP contribution in [0.4, 0.5) is 0 Å². The van der Waals surface area contributed by atoms with E-state index in [-0.39, 0.29) is 5.91 Å². The van der Waals surface area contributed by atoms with E-state index >= 15 is 0 Å². The summed E-state index contributed by atoms with van der Waals surface area (Å²) in [5, 5.41) is 10.4. The molecule has 17 heavy (non-hydrogen) atoms. The lowest BCUT2D eigenvalue weighted by Crippen LogP contribution is -2.54. The lowest BCUT2D eigenvalue weighted by atomic mass is 9.93. The zero-order valence-electron chi connectivity index (χ0n) is 10.5. The Bertz CT molecular complexity index is 269. The highest BCUT2D eigenvalue weighted by atomic mass is 16.5. The van der Waals surface area contributed by atoms with Gasteiger partial charge in [-0.25, -0.2) is 0 Å². The van der Waals surface area contributed by atoms with E-state index in [4.69, 9.17) is 4.74 Å². The molecule has 0 aromatic carbocycles. The Hall–Kier alpha value is -0.650. The van der Waals surface area contributed by atoms with Crippen LogP contribution in [0.2, 0.25) is 0 Å². The molecule has 98 valence electrons. The zero-order valence-corrected chi connectivity index (χ0v) is 10.5. The monoisotopic (exact) mass is 242 g/mol. The highest BCUT2D eigenvalue weighted by Crippen LogP contribution is 2.22. The molecular formula is C12H22N2O3. The van der Waals surface area contributed by atoms with Crippen molar-refractivity contribution in [2.24, 2.45) is 0 Å². The third kappa shape index (κ3) is 3.40. The number of hydrogen-bond donors (Lipinski definition) is 1. The van der Waals surface area contributed by atoms with Crippen LogP contribution < -0.4 is 0 Å². The van der Waals surface area contributed by atoms with Crippen LogP contribution in [0.25, 0.3) is 0 Å². The van der Waals surface area contributed by atoms with Crippen LogP contribution in [-0.4, -0.2) is 72.4 Å². The summed E-state index contributed by atoms with van der Waals surface area (Å²) >= 11 is 0. The molecule has 2 rings (SSSR count). The molecule has 0 unspecified atom stereocenters. The van der Waals surface area contributed by atoms with Crippen LogP contribution in [0.15, 0.2) is 0 Å². The third-order valence-electron chi connectivity index (χ3n) is 3.76. The van der Waals surface area contributed by atoms with Gasteiger partial charge in [-0.1, -0.05) is 0 Å². The highest BCUT2D eigenvalue weighted by Gasteiger charge is 2.33. The van der Waals surface area contributed by atoms with Gasteiger partial charge in [-0.3, -0.25) is 9.69 Å². The standard InChI is InChI=1S/C12H22N2O3/c1-11(15)14-6-4-13(5-7-14)10-12(16)2-8-17-9-3-12/h16H,2-10H2,1H3. The molecule has 2 aliphatic rings. The van der Waals surface area contributed by atoms with Gasteiger partial charge >= 0.3 is 0 Å². The molecule has 1 N–H and O–H groups in total. The van der Waals surface area contributed by atoms with E-state index in [1.54, 1.807) is 6.92 Å². The van der Waals surface area contributed by atoms with Gasteiger partial charge in [0.15, 0.2) is 0 Å². The molecule has 0 bridgehead atoms. The van der Waals surface area contributed by atoms with Gasteiger partial charge < -0.3 is 14.7 Å². The maximum atomic E-state index is 11.2. The van der Waals surface area contributed by atoms with Crippen molar-refractivity contribution in [3.63, 3.8) is 0 Å². The predicted molar refractivity (Wildman–Crippen MR) is 63.7 cm³/mol. The SMILES string of the molecule is CC(=O)N1CCN(CC2(O)CCOCC2)CC1. The van der Waals surface area contributed by atoms with Crippen molar-refractivity contribution < 1.29 is 14.6 Å². The lowest BCUT2D eigenvalue weighted by Gasteiger charge is -2.40. The van der Waals surface area contributed by atoms with Crippen LogP contribution >= 0.6 is 0 Å². The van der Waals surface area contributed by atoms with Crippen molar-refractivity contribution in [3.8, 4) is 0 Å². The normalized spacial score (nSPS) is 25.9. The number of hydrogen-bond acceptors (Lipinski definition) is 4. The minimum absolute atomic E-state index is 0.148. The second-order valence-corrected chi connectivity index (χ2v) is 5.12. The van der Waals surface area contributed by atoms with E-state index < -0.39 is 5.60 Å². The molecule has 0 aliphatic carbocycles. The third-order valence-corrected chi connectivity index (χ3v) is 3.76. The lowest BCUT2D eigenvalue weighted by molar-refractivity contribution is -0.131. The topological polar surface area (TPSA) is 53.0 Å². The van der Waals surface area contributed by atoms with E-state index in [1.165, 1.54) is 0 Å². The van der Waals surface area contributed by atoms with Gasteiger partial charge in [0.1, 0.15) is 0 Å². The summed E-state index contributed by atoms with van der Waals surface area (Å²) in [6.45, 7) is 6.92. The fourth-order valence-electron chi connectivity index (χ4n) is 2.55. The van der Waals surface area contributed by atoms with Gasteiger partial charge in [-0.05, 0) is 0 Å². The van der Waals surface area contributed by atoms with E-state index in [1.807, 2.05) is 4.90 Å². The molecule has 2 heterocycles. The van der Waals surface area contributed by atoms with Crippen molar-refractivity contribution in [1.29, 1.82) is 0 Å². The number of rotatable bonds is 2. The molecule has 0 aromatic rings. The minimum Gasteiger partial charge on any atom is -0.388 e. The Morgan fingerprint density at radius 3 is 2.35 bits per heavy atom. The molecule has 0 saturated carbocycles. The predicted octanol–water partition coefficient (Wildman–Crippen LogP) is -0.308. The Labute approximate surface area is 102 Å². The number of amides is 1. The van der Waals surface area contributed by atoms with E-state index in [0.29, 0.717) is 19.8 Å². The molecule has 2 fully saturated rings. The first-order valence-corrected chi connectivity index (χ1v) is 6.37. The zero-order chi connectivity index (χ0) is 12.3. The van der Waals surface area contributed by atoms with Crippen LogP contribution in [0, 0.1) is 0 Å². The summed E-state index contributed by atoms with van der Waals surface area (Å²) in [6, 6.07) is 0. The van der Waals surface area contributed by atoms with Crippen molar-refractivity contribution in [2.75, 3.05) is 45.9 Å². The quantitative estimate of drug-likeness (QED) is 0.722. The molecule has 0 radical (unpaired) electrons. The van der Waals surface area contributed by atoms with Crippen molar-refractivity contribution in [3.05, 3.63) is 0 Å². The average molecular weight is 242 g/mol. The first kappa shape index (κ1) is 12.8. The molecule has 5 nitrogen and oxygen atoms in total. The summed E-state index contributed by atoms with van der Waals surface area (Å²) in [5.41, 5.74) is -0.587. The maximum Gasteiger partial charge on any atom is 0.219 e. The van der Waals surface area contributed by atoms with Gasteiger partial charge in [0.25, 0.3) is 0 Å². The fraction of sp³-hybridized carbons (Fsp3) is 0.917. The number of β-amino-alcohol motifs (C(OH)–C–C–N with tert-alkyl or cyclic N) is 1. The Kier molecular flexibility index (Phi) is 4.01. The Balaban J connectivity index is 1.79. The van der Waals surface area contributed by atoms with Crippen LogP contribution in [-0.2, 0) is 9.53 Å². The number of aliphatic hydroxyl groups is 1. The molecule has 5 heteroatoms. The number of ether oxygens (including phenoxy) is 1. The van der Waals surface area contributed by atoms with E-state index in [2.05, 4.69) is 4.90 Å². The summed E-state index contributed by atoms with van der Waals surface area (Å²) in [7, 11) is 0.